The lowest BCUT2D eigenvalue weighted by Crippen LogP contribution is -2.16. The summed E-state index contributed by atoms with van der Waals surface area (Å²) in [4.78, 5) is 3.47. The summed E-state index contributed by atoms with van der Waals surface area (Å²) in [5.41, 5.74) is 4.88. The minimum Gasteiger partial charge on any atom is -0.507 e. The van der Waals surface area contributed by atoms with Gasteiger partial charge in [-0.2, -0.15) is 0 Å². The number of aryl methyl sites for hydroxylation is 1. The van der Waals surface area contributed by atoms with E-state index in [4.69, 9.17) is 0 Å². The second-order valence-corrected chi connectivity index (χ2v) is 4.48. The van der Waals surface area contributed by atoms with E-state index in [2.05, 4.69) is 17.2 Å². The van der Waals surface area contributed by atoms with E-state index >= 15 is 0 Å². The largest absolute Gasteiger partial charge is 0.507 e. The first-order valence-electron chi connectivity index (χ1n) is 5.80. The number of phenolic OH excluding ortho intramolecular Hbond substituents is 1. The molecule has 2 aromatic rings. The minimum atomic E-state index is 0.403. The number of aromatic amines is 1. The highest BCUT2D eigenvalue weighted by atomic mass is 16.3. The number of benzene rings is 1. The van der Waals surface area contributed by atoms with E-state index in [-0.39, 0.29) is 0 Å². The normalized spacial score (nSPS) is 16.1. The molecule has 3 nitrogen and oxygen atoms in total. The van der Waals surface area contributed by atoms with Crippen LogP contribution in [0.5, 0.6) is 5.75 Å². The highest BCUT2D eigenvalue weighted by Crippen LogP contribution is 2.33. The third-order valence-corrected chi connectivity index (χ3v) is 3.44. The molecule has 0 atom stereocenters. The Hall–Kier alpha value is -1.48. The molecule has 1 aliphatic rings. The van der Waals surface area contributed by atoms with Crippen molar-refractivity contribution in [3.8, 4) is 5.75 Å². The predicted octanol–water partition coefficient (Wildman–Crippen LogP) is 1.87. The zero-order valence-corrected chi connectivity index (χ0v) is 9.43. The van der Waals surface area contributed by atoms with Gasteiger partial charge in [0.1, 0.15) is 5.75 Å². The molecule has 0 fully saturated rings. The van der Waals surface area contributed by atoms with Gasteiger partial charge in [0.2, 0.25) is 0 Å². The van der Waals surface area contributed by atoms with Crippen molar-refractivity contribution >= 4 is 10.9 Å². The zero-order valence-electron chi connectivity index (χ0n) is 9.43. The second-order valence-electron chi connectivity index (χ2n) is 4.48. The lowest BCUT2D eigenvalue weighted by molar-refractivity contribution is 0.481. The molecule has 1 aliphatic heterocycles. The van der Waals surface area contributed by atoms with Gasteiger partial charge in [-0.25, -0.2) is 0 Å². The number of fused-ring (bicyclic) bond motifs is 3. The molecule has 3 N–H and O–H groups in total. The molecule has 2 heterocycles. The summed E-state index contributed by atoms with van der Waals surface area (Å²) in [5, 5.41) is 14.4. The Kier molecular flexibility index (Phi) is 2.14. The van der Waals surface area contributed by atoms with E-state index in [0.717, 1.165) is 36.8 Å². The van der Waals surface area contributed by atoms with Crippen molar-refractivity contribution in [3.05, 3.63) is 29.0 Å². The van der Waals surface area contributed by atoms with Gasteiger partial charge in [-0.15, -0.1) is 0 Å². The average molecular weight is 216 g/mol. The average Bonchev–Trinajstić information content (AvgIpc) is 2.49. The van der Waals surface area contributed by atoms with Crippen molar-refractivity contribution in [2.45, 2.75) is 19.8 Å². The van der Waals surface area contributed by atoms with Crippen LogP contribution in [0, 0.1) is 6.92 Å². The maximum atomic E-state index is 9.99. The van der Waals surface area contributed by atoms with Crippen LogP contribution in [-0.2, 0) is 12.8 Å². The Labute approximate surface area is 94.5 Å². The highest BCUT2D eigenvalue weighted by molar-refractivity contribution is 5.92. The molecular weight excluding hydrogens is 200 g/mol. The fourth-order valence-corrected chi connectivity index (χ4v) is 2.58. The molecule has 0 radical (unpaired) electrons. The number of phenols is 1. The summed E-state index contributed by atoms with van der Waals surface area (Å²) in [6.45, 7) is 4.09. The molecule has 84 valence electrons. The van der Waals surface area contributed by atoms with Gasteiger partial charge in [-0.1, -0.05) is 6.07 Å². The second kappa shape index (κ2) is 3.52. The van der Waals surface area contributed by atoms with Crippen LogP contribution in [0.1, 0.15) is 16.8 Å². The van der Waals surface area contributed by atoms with Crippen molar-refractivity contribution in [1.82, 2.24) is 10.3 Å². The maximum Gasteiger partial charge on any atom is 0.125 e. The summed E-state index contributed by atoms with van der Waals surface area (Å²) in [6, 6.07) is 3.76. The summed E-state index contributed by atoms with van der Waals surface area (Å²) < 4.78 is 0. The van der Waals surface area contributed by atoms with E-state index < -0.39 is 0 Å². The lowest BCUT2D eigenvalue weighted by atomic mass is 10.0. The molecule has 0 unspecified atom stereocenters. The van der Waals surface area contributed by atoms with Crippen molar-refractivity contribution in [2.75, 3.05) is 13.1 Å². The molecule has 0 bridgehead atoms. The van der Waals surface area contributed by atoms with Crippen LogP contribution < -0.4 is 5.32 Å². The standard InChI is InChI=1S/C13H16N2O/c1-8-2-3-11(16)12-9-4-6-14-7-5-10(9)15-13(8)12/h2-3,14-16H,4-7H2,1H3. The van der Waals surface area contributed by atoms with Crippen molar-refractivity contribution in [3.63, 3.8) is 0 Å². The van der Waals surface area contributed by atoms with Gasteiger partial charge in [-0.3, -0.25) is 0 Å². The van der Waals surface area contributed by atoms with Gasteiger partial charge in [-0.05, 0) is 37.1 Å². The predicted molar refractivity (Wildman–Crippen MR) is 65.0 cm³/mol. The number of hydrogen-bond acceptors (Lipinski definition) is 2. The van der Waals surface area contributed by atoms with Gasteiger partial charge in [0.25, 0.3) is 0 Å². The maximum absolute atomic E-state index is 9.99. The molecule has 1 aromatic carbocycles. The summed E-state index contributed by atoms with van der Waals surface area (Å²) in [7, 11) is 0. The number of hydrogen-bond donors (Lipinski definition) is 3. The minimum absolute atomic E-state index is 0.403. The first-order chi connectivity index (χ1) is 7.77. The molecule has 0 saturated heterocycles. The first-order valence-corrected chi connectivity index (χ1v) is 5.80. The van der Waals surface area contributed by atoms with Gasteiger partial charge in [0, 0.05) is 24.0 Å². The SMILES string of the molecule is Cc1ccc(O)c2c3c([nH]c12)CCNCC3. The smallest absolute Gasteiger partial charge is 0.125 e. The Balaban J connectivity index is 2.33. The van der Waals surface area contributed by atoms with Crippen LogP contribution >= 0.6 is 0 Å². The number of H-pyrrole nitrogens is 1. The summed E-state index contributed by atoms with van der Waals surface area (Å²) >= 11 is 0. The molecule has 3 rings (SSSR count). The van der Waals surface area contributed by atoms with Crippen molar-refractivity contribution in [1.29, 1.82) is 0 Å². The summed E-state index contributed by atoms with van der Waals surface area (Å²) in [6.07, 6.45) is 2.01. The Bertz CT molecular complexity index is 542. The van der Waals surface area contributed by atoms with Crippen molar-refractivity contribution < 1.29 is 5.11 Å². The van der Waals surface area contributed by atoms with E-state index in [1.165, 1.54) is 16.8 Å². The molecule has 16 heavy (non-hydrogen) atoms. The van der Waals surface area contributed by atoms with Crippen LogP contribution in [0.25, 0.3) is 10.9 Å². The van der Waals surface area contributed by atoms with E-state index in [1.807, 2.05) is 6.07 Å². The molecule has 0 saturated carbocycles. The fourth-order valence-electron chi connectivity index (χ4n) is 2.58. The third-order valence-electron chi connectivity index (χ3n) is 3.44. The Morgan fingerprint density at radius 2 is 2.00 bits per heavy atom. The van der Waals surface area contributed by atoms with Gasteiger partial charge in [0.15, 0.2) is 0 Å². The van der Waals surface area contributed by atoms with E-state index in [1.54, 1.807) is 6.07 Å². The number of nitrogens with one attached hydrogen (secondary N) is 2. The summed E-state index contributed by atoms with van der Waals surface area (Å²) in [5.74, 6) is 0.403. The molecule has 0 amide bonds. The Morgan fingerprint density at radius 1 is 1.19 bits per heavy atom. The van der Waals surface area contributed by atoms with Crippen LogP contribution in [0.2, 0.25) is 0 Å². The van der Waals surface area contributed by atoms with Gasteiger partial charge in [0.05, 0.1) is 5.52 Å². The molecular formula is C13H16N2O. The lowest BCUT2D eigenvalue weighted by Gasteiger charge is -2.02. The number of rotatable bonds is 0. The third kappa shape index (κ3) is 1.32. The zero-order chi connectivity index (χ0) is 11.1. The fraction of sp³-hybridized carbons (Fsp3) is 0.385. The molecule has 0 aliphatic carbocycles. The van der Waals surface area contributed by atoms with Crippen LogP contribution in [0.15, 0.2) is 12.1 Å². The molecule has 1 aromatic heterocycles. The first kappa shape index (κ1) is 9.73. The number of aromatic nitrogens is 1. The van der Waals surface area contributed by atoms with Gasteiger partial charge < -0.3 is 15.4 Å². The van der Waals surface area contributed by atoms with Crippen LogP contribution in [0.3, 0.4) is 0 Å². The van der Waals surface area contributed by atoms with Crippen molar-refractivity contribution in [2.24, 2.45) is 0 Å². The Morgan fingerprint density at radius 3 is 2.88 bits per heavy atom. The van der Waals surface area contributed by atoms with E-state index in [9.17, 15) is 5.11 Å². The molecule has 3 heteroatoms. The van der Waals surface area contributed by atoms with Crippen LogP contribution in [0.4, 0.5) is 0 Å². The van der Waals surface area contributed by atoms with Crippen LogP contribution in [-0.4, -0.2) is 23.2 Å². The quantitative estimate of drug-likeness (QED) is 0.629. The van der Waals surface area contributed by atoms with E-state index in [0.29, 0.717) is 5.75 Å². The molecule has 0 spiro atoms. The monoisotopic (exact) mass is 216 g/mol. The highest BCUT2D eigenvalue weighted by Gasteiger charge is 2.17. The topological polar surface area (TPSA) is 48.0 Å². The number of aromatic hydroxyl groups is 1. The van der Waals surface area contributed by atoms with Gasteiger partial charge >= 0.3 is 0 Å².